The fraction of sp³-hybridized carbons (Fsp3) is 0.237. The van der Waals surface area contributed by atoms with E-state index in [-0.39, 0.29) is 32.5 Å². The van der Waals surface area contributed by atoms with Crippen molar-refractivity contribution in [1.82, 2.24) is 9.55 Å². The van der Waals surface area contributed by atoms with E-state index in [4.69, 9.17) is 9.92 Å². The van der Waals surface area contributed by atoms with Crippen LogP contribution in [-0.4, -0.2) is 20.5 Å². The first kappa shape index (κ1) is 30.1. The molecule has 0 atom stereocenters. The zero-order valence-corrected chi connectivity index (χ0v) is 28.2. The normalized spacial score (nSPS) is 13.3. The third-order valence-electron chi connectivity index (χ3n) is 8.64. The van der Waals surface area contributed by atoms with E-state index in [9.17, 15) is 0 Å². The van der Waals surface area contributed by atoms with Crippen LogP contribution in [0, 0.1) is 12.1 Å². The smallest absolute Gasteiger partial charge is 0.145 e. The molecule has 44 heavy (non-hydrogen) atoms. The molecule has 0 saturated heterocycles. The molecule has 7 rings (SSSR count). The summed E-state index contributed by atoms with van der Waals surface area (Å²) in [6.45, 7) is 13.3. The Morgan fingerprint density at radius 1 is 0.750 bits per heavy atom. The summed E-state index contributed by atoms with van der Waals surface area (Å²) in [6.07, 6.45) is 1.92. The third kappa shape index (κ3) is 4.93. The molecule has 0 aliphatic carbocycles. The van der Waals surface area contributed by atoms with Gasteiger partial charge in [-0.2, -0.15) is 46.4 Å². The molecule has 0 spiro atoms. The average molecular weight is 761 g/mol. The maximum Gasteiger partial charge on any atom is 0.145 e. The minimum absolute atomic E-state index is 0. The van der Waals surface area contributed by atoms with E-state index < -0.39 is 0 Å². The third-order valence-corrected chi connectivity index (χ3v) is 8.64. The molecule has 1 aliphatic rings. The Morgan fingerprint density at radius 3 is 2.25 bits per heavy atom. The molecule has 226 valence electrons. The van der Waals surface area contributed by atoms with Crippen molar-refractivity contribution >= 4 is 38.9 Å². The second-order valence-corrected chi connectivity index (χ2v) is 12.5. The molecule has 3 heterocycles. The molecule has 0 radical (unpaired) electrons. The van der Waals surface area contributed by atoms with Crippen LogP contribution < -0.4 is 10.1 Å². The molecule has 6 heteroatoms. The van der Waals surface area contributed by atoms with Gasteiger partial charge in [0.25, 0.3) is 0 Å². The molecule has 2 aromatic heterocycles. The largest absolute Gasteiger partial charge is 0.319 e. The zero-order valence-electron chi connectivity index (χ0n) is 25.9. The Bertz CT molecular complexity index is 1980. The van der Waals surface area contributed by atoms with Crippen molar-refractivity contribution in [2.75, 3.05) is 10.1 Å². The van der Waals surface area contributed by atoms with Crippen molar-refractivity contribution in [3.63, 3.8) is 0 Å². The fourth-order valence-corrected chi connectivity index (χ4v) is 6.09. The monoisotopic (exact) mass is 760 g/mol. The first-order chi connectivity index (χ1) is 20.7. The molecule has 0 saturated carbocycles. The Kier molecular flexibility index (Phi) is 7.90. The van der Waals surface area contributed by atoms with E-state index in [0.717, 1.165) is 45.0 Å². The number of anilines is 3. The molecule has 0 bridgehead atoms. The molecule has 4 aromatic carbocycles. The number of nitrogens with zero attached hydrogens (tertiary/aromatic N) is 4. The average Bonchev–Trinajstić information content (AvgIpc) is 3.57. The molecular weight excluding hydrogens is 724 g/mol. The number of para-hydroxylation sites is 3. The number of fused-ring (bicyclic) bond motifs is 4. The van der Waals surface area contributed by atoms with E-state index in [1.54, 1.807) is 0 Å². The van der Waals surface area contributed by atoms with Crippen LogP contribution in [0.1, 0.15) is 64.2 Å². The van der Waals surface area contributed by atoms with Crippen molar-refractivity contribution in [3.8, 4) is 5.82 Å². The minimum atomic E-state index is -0.365. The maximum atomic E-state index is 4.97. The summed E-state index contributed by atoms with van der Waals surface area (Å²) in [5, 5.41) is 6.45. The summed E-state index contributed by atoms with van der Waals surface area (Å²) in [7, 11) is 0. The van der Waals surface area contributed by atoms with Gasteiger partial charge in [-0.15, -0.1) is 27.6 Å². The van der Waals surface area contributed by atoms with Crippen molar-refractivity contribution in [1.29, 1.82) is 0 Å². The van der Waals surface area contributed by atoms with Crippen molar-refractivity contribution in [2.24, 2.45) is 0 Å². The van der Waals surface area contributed by atoms with Gasteiger partial charge in [-0.05, 0) is 66.5 Å². The number of hydrogen-bond acceptors (Lipinski definition) is 3. The minimum Gasteiger partial charge on any atom is -0.319 e. The Balaban J connectivity index is 0.00000343. The second-order valence-electron chi connectivity index (χ2n) is 12.5. The van der Waals surface area contributed by atoms with Gasteiger partial charge in [0, 0.05) is 38.5 Å². The molecular formula is C38H37N4OPt-. The van der Waals surface area contributed by atoms with Crippen LogP contribution in [0.25, 0.3) is 27.6 Å². The molecule has 0 unspecified atom stereocenters. The van der Waals surface area contributed by atoms with Gasteiger partial charge in [-0.3, -0.25) is 0 Å². The summed E-state index contributed by atoms with van der Waals surface area (Å²) < 4.78 is 2.26. The quantitative estimate of drug-likeness (QED) is 0.126. The number of rotatable bonds is 6. The Hall–Kier alpha value is -3.92. The van der Waals surface area contributed by atoms with Crippen LogP contribution in [0.2, 0.25) is 0 Å². The maximum absolute atomic E-state index is 4.97. The van der Waals surface area contributed by atoms with Crippen LogP contribution in [-0.2, 0) is 26.5 Å². The van der Waals surface area contributed by atoms with E-state index >= 15 is 0 Å². The predicted octanol–water partition coefficient (Wildman–Crippen LogP) is 9.43. The fourth-order valence-electron chi connectivity index (χ4n) is 6.09. The van der Waals surface area contributed by atoms with E-state index in [1.165, 1.54) is 16.3 Å². The standard InChI is InChI=1S/C38H36N4O.Pt/c1-25(2)27-20-21-39-37(22-27)40-33-15-8-7-14-31(33)32-19-18-29(24-36(32)40)38(5,6)28-12-11-13-30(23-28)42-35-17-10-9-16-34(35)41(43-42)26(3)4;/h7-22,25-26H,1-6H3;/q-2;/p+1. The van der Waals surface area contributed by atoms with Gasteiger partial charge in [0.2, 0.25) is 0 Å². The second kappa shape index (κ2) is 11.5. The molecule has 1 aliphatic heterocycles. The number of benzene rings is 4. The molecule has 5 nitrogen and oxygen atoms in total. The van der Waals surface area contributed by atoms with Crippen LogP contribution in [0.4, 0.5) is 17.1 Å². The molecule has 1 N–H and O–H groups in total. The summed E-state index contributed by atoms with van der Waals surface area (Å²) in [4.78, 5) is 9.79. The van der Waals surface area contributed by atoms with Gasteiger partial charge < -0.3 is 4.57 Å². The zero-order chi connectivity index (χ0) is 29.9. The molecule has 0 fully saturated rings. The van der Waals surface area contributed by atoms with Gasteiger partial charge >= 0.3 is 0 Å². The molecule has 0 amide bonds. The van der Waals surface area contributed by atoms with Gasteiger partial charge in [-0.25, -0.2) is 4.98 Å². The van der Waals surface area contributed by atoms with Gasteiger partial charge in [0.15, 0.2) is 0 Å². The van der Waals surface area contributed by atoms with Crippen molar-refractivity contribution < 1.29 is 26.0 Å². The number of aromatic nitrogens is 2. The number of hydroxylamine groups is 1. The van der Waals surface area contributed by atoms with E-state index in [2.05, 4.69) is 154 Å². The summed E-state index contributed by atoms with van der Waals surface area (Å²) in [5.74, 6) is 1.33. The van der Waals surface area contributed by atoms with Gasteiger partial charge in [0.1, 0.15) is 17.2 Å². The van der Waals surface area contributed by atoms with E-state index in [0.29, 0.717) is 5.92 Å². The van der Waals surface area contributed by atoms with Gasteiger partial charge in [0.05, 0.1) is 6.04 Å². The first-order valence-corrected chi connectivity index (χ1v) is 15.1. The molecule has 6 aromatic rings. The number of hydrogen-bond donors (Lipinski definition) is 0. The topological polar surface area (TPSA) is 37.1 Å². The van der Waals surface area contributed by atoms with Gasteiger partial charge in [-0.1, -0.05) is 63.5 Å². The Labute approximate surface area is 274 Å². The van der Waals surface area contributed by atoms with Crippen LogP contribution >= 0.6 is 0 Å². The summed E-state index contributed by atoms with van der Waals surface area (Å²) in [6, 6.07) is 39.9. The first-order valence-electron chi connectivity index (χ1n) is 15.1. The summed E-state index contributed by atoms with van der Waals surface area (Å²) in [5.41, 5.74) is 8.35. The summed E-state index contributed by atoms with van der Waals surface area (Å²) >= 11 is 0. The number of pyridine rings is 1. The van der Waals surface area contributed by atoms with Crippen LogP contribution in [0.3, 0.4) is 0 Å². The van der Waals surface area contributed by atoms with Crippen molar-refractivity contribution in [3.05, 3.63) is 126 Å². The SMILES string of the molecule is CC(C)c1ccnc(-n2c3[c-]c(C(C)(C)c4[c-]c(N5[OH+]N(C(C)C)c6ccccc65)ccc4)ccc3c3ccccc32)c1.[Pt]. The van der Waals surface area contributed by atoms with Crippen LogP contribution in [0.5, 0.6) is 0 Å². The predicted molar refractivity (Wildman–Crippen MR) is 177 cm³/mol. The Morgan fingerprint density at radius 2 is 1.48 bits per heavy atom. The van der Waals surface area contributed by atoms with E-state index in [1.807, 2.05) is 11.3 Å². The van der Waals surface area contributed by atoms with Crippen molar-refractivity contribution in [2.45, 2.75) is 58.9 Å². The van der Waals surface area contributed by atoms with Crippen LogP contribution in [0.15, 0.2) is 97.2 Å².